The van der Waals surface area contributed by atoms with Crippen LogP contribution in [-0.4, -0.2) is 40.4 Å². The molecule has 1 saturated carbocycles. The van der Waals surface area contributed by atoms with Gasteiger partial charge in [-0.25, -0.2) is 4.39 Å². The largest absolute Gasteiger partial charge is 0.356 e. The molecule has 10 heteroatoms. The maximum atomic E-state index is 16.1. The molecule has 7 rings (SSSR count). The first kappa shape index (κ1) is 32.9. The first-order valence-electron chi connectivity index (χ1n) is 15.3. The molecule has 1 N–H and O–H groups in total. The fraction of sp³-hybridized carbons (Fsp3) is 0.471. The molecule has 44 heavy (non-hydrogen) atoms. The molecule has 4 unspecified atom stereocenters. The minimum Gasteiger partial charge on any atom is -0.356 e. The average Bonchev–Trinajstić information content (AvgIpc) is 3.65. The smallest absolute Gasteiger partial charge is 0.234 e. The Hall–Kier alpha value is -2.51. The Labute approximate surface area is 274 Å². The molecular weight excluding hydrogens is 689 g/mol. The van der Waals surface area contributed by atoms with E-state index in [4.69, 9.17) is 4.74 Å². The Bertz CT molecular complexity index is 1610. The van der Waals surface area contributed by atoms with Crippen LogP contribution in [0.3, 0.4) is 0 Å². The fourth-order valence-corrected chi connectivity index (χ4v) is 7.14. The second-order valence-electron chi connectivity index (χ2n) is 12.1. The van der Waals surface area contributed by atoms with Gasteiger partial charge in [-0.05, 0) is 67.9 Å². The van der Waals surface area contributed by atoms with Crippen molar-refractivity contribution in [3.63, 3.8) is 0 Å². The van der Waals surface area contributed by atoms with E-state index < -0.39 is 17.1 Å². The Balaban J connectivity index is 0.000000924. The van der Waals surface area contributed by atoms with Crippen molar-refractivity contribution in [1.82, 2.24) is 15.2 Å². The molecule has 0 radical (unpaired) electrons. The van der Waals surface area contributed by atoms with Crippen LogP contribution in [0.15, 0.2) is 48.7 Å². The number of hydrogen-bond donors (Lipinski definition) is 1. The lowest BCUT2D eigenvalue weighted by molar-refractivity contribution is -0.134. The van der Waals surface area contributed by atoms with Gasteiger partial charge in [-0.1, -0.05) is 73.1 Å². The summed E-state index contributed by atoms with van der Waals surface area (Å²) < 4.78 is 22.5. The number of nitriles is 1. The molecule has 232 valence electrons. The van der Waals surface area contributed by atoms with Gasteiger partial charge in [0.25, 0.3) is 0 Å². The zero-order valence-electron chi connectivity index (χ0n) is 25.5. The molecule has 1 aliphatic carbocycles. The van der Waals surface area contributed by atoms with E-state index in [0.29, 0.717) is 41.4 Å². The van der Waals surface area contributed by atoms with Crippen LogP contribution in [-0.2, 0) is 31.9 Å². The van der Waals surface area contributed by atoms with E-state index >= 15 is 4.39 Å². The van der Waals surface area contributed by atoms with Crippen LogP contribution in [0.2, 0.25) is 0 Å². The van der Waals surface area contributed by atoms with Crippen molar-refractivity contribution in [1.29, 1.82) is 5.26 Å². The van der Waals surface area contributed by atoms with E-state index in [0.717, 1.165) is 37.9 Å². The Morgan fingerprint density at radius 1 is 1.16 bits per heavy atom. The molecule has 7 nitrogen and oxygen atoms in total. The summed E-state index contributed by atoms with van der Waals surface area (Å²) in [7, 11) is 0. The van der Waals surface area contributed by atoms with E-state index in [1.165, 1.54) is 5.56 Å². The zero-order valence-corrected chi connectivity index (χ0v) is 28.8. The highest BCUT2D eigenvalue weighted by Gasteiger charge is 2.70. The minimum atomic E-state index is -0.695. The number of pyridine rings is 1. The van der Waals surface area contributed by atoms with E-state index in [2.05, 4.69) is 81.4 Å². The van der Waals surface area contributed by atoms with Gasteiger partial charge in [0.2, 0.25) is 11.8 Å². The molecule has 3 aromatic rings. The predicted octanol–water partition coefficient (Wildman–Crippen LogP) is 6.97. The van der Waals surface area contributed by atoms with E-state index in [1.807, 2.05) is 19.9 Å². The summed E-state index contributed by atoms with van der Waals surface area (Å²) >= 11 is 2.07. The maximum absolute atomic E-state index is 16.1. The molecule has 4 aliphatic rings. The molecule has 3 aliphatic heterocycles. The van der Waals surface area contributed by atoms with Crippen LogP contribution in [0, 0.1) is 17.1 Å². The van der Waals surface area contributed by atoms with Gasteiger partial charge >= 0.3 is 0 Å². The highest BCUT2D eigenvalue weighted by Crippen LogP contribution is 2.61. The van der Waals surface area contributed by atoms with Crippen LogP contribution in [0.1, 0.15) is 87.5 Å². The number of amides is 2. The lowest BCUT2D eigenvalue weighted by Gasteiger charge is -2.36. The standard InChI is InChI=1S/C32H31FN4O3.C2H6.H2IP/c1-30-19-37(17-20-3-5-22(6-4-20)31(18-34)11-2-12-31)14-13-32(30,40-30)25-8-9-26-24(28(25)33)15-21(16-35-26)23-7-10-27(38)36-29(23)39;2*1-2/h3-6,8-9,15-16,23H,2,7,10-14,17,19H2,1H3,(H,36,38,39);1-2H3;2H2. The molecule has 4 heterocycles. The van der Waals surface area contributed by atoms with E-state index in [-0.39, 0.29) is 29.5 Å². The first-order chi connectivity index (χ1) is 21.3. The quantitative estimate of drug-likeness (QED) is 0.132. The number of aromatic nitrogens is 1. The van der Waals surface area contributed by atoms with Crippen LogP contribution < -0.4 is 5.32 Å². The fourth-order valence-electron chi connectivity index (χ4n) is 7.14. The number of nitrogens with zero attached hydrogens (tertiary/aromatic N) is 3. The number of halogens is 2. The third-order valence-corrected chi connectivity index (χ3v) is 9.75. The number of rotatable bonds is 5. The number of nitrogens with one attached hydrogen (secondary N) is 1. The van der Waals surface area contributed by atoms with Gasteiger partial charge in [0, 0.05) is 43.2 Å². The maximum Gasteiger partial charge on any atom is 0.234 e. The second kappa shape index (κ2) is 13.1. The number of imide groups is 1. The van der Waals surface area contributed by atoms with Crippen molar-refractivity contribution < 1.29 is 18.7 Å². The lowest BCUT2D eigenvalue weighted by atomic mass is 9.65. The second-order valence-corrected chi connectivity index (χ2v) is 12.1. The SMILES string of the molecule is CC.CC12CN(Cc3ccc(C4(C#N)CCC4)cc3)CCC1(c1ccc3ncc(C4CCC(=O)NC4=O)cc3c1F)O2.PI. The summed E-state index contributed by atoms with van der Waals surface area (Å²) in [6.07, 6.45) is 5.91. The third kappa shape index (κ3) is 5.68. The lowest BCUT2D eigenvalue weighted by Crippen LogP contribution is -2.44. The average molecular weight is 729 g/mol. The summed E-state index contributed by atoms with van der Waals surface area (Å²) in [6, 6.07) is 16.3. The number of carbonyl (C=O) groups excluding carboxylic acids is 2. The molecule has 2 aromatic carbocycles. The molecule has 4 atom stereocenters. The van der Waals surface area contributed by atoms with Crippen molar-refractivity contribution in [3.8, 4) is 6.07 Å². The Kier molecular flexibility index (Phi) is 9.77. The van der Waals surface area contributed by atoms with Gasteiger partial charge in [0.05, 0.1) is 22.9 Å². The number of ether oxygens (including phenoxy) is 1. The number of fused-ring (bicyclic) bond motifs is 2. The number of epoxide rings is 1. The van der Waals surface area contributed by atoms with Crippen molar-refractivity contribution in [3.05, 3.63) is 76.7 Å². The van der Waals surface area contributed by atoms with Crippen molar-refractivity contribution in [2.75, 3.05) is 13.1 Å². The number of carbonyl (C=O) groups is 2. The predicted molar refractivity (Wildman–Crippen MR) is 181 cm³/mol. The van der Waals surface area contributed by atoms with Crippen LogP contribution in [0.4, 0.5) is 4.39 Å². The number of hydrogen-bond acceptors (Lipinski definition) is 6. The van der Waals surface area contributed by atoms with Gasteiger partial charge in [0.1, 0.15) is 17.0 Å². The Morgan fingerprint density at radius 2 is 1.89 bits per heavy atom. The molecule has 1 aromatic heterocycles. The monoisotopic (exact) mass is 728 g/mol. The van der Waals surface area contributed by atoms with Crippen LogP contribution in [0.25, 0.3) is 10.9 Å². The highest BCUT2D eigenvalue weighted by atomic mass is 127. The summed E-state index contributed by atoms with van der Waals surface area (Å²) in [5.74, 6) is -1.51. The third-order valence-electron chi connectivity index (χ3n) is 9.75. The molecule has 0 bridgehead atoms. The van der Waals surface area contributed by atoms with Crippen molar-refractivity contribution in [2.45, 2.75) is 88.4 Å². The van der Waals surface area contributed by atoms with E-state index in [9.17, 15) is 14.9 Å². The van der Waals surface area contributed by atoms with Gasteiger partial charge in [0.15, 0.2) is 0 Å². The van der Waals surface area contributed by atoms with Gasteiger partial charge < -0.3 is 4.74 Å². The summed E-state index contributed by atoms with van der Waals surface area (Å²) in [5, 5.41) is 12.4. The van der Waals surface area contributed by atoms with Gasteiger partial charge in [-0.3, -0.25) is 24.8 Å². The number of benzene rings is 2. The highest BCUT2D eigenvalue weighted by molar-refractivity contribution is 14.2. The topological polar surface area (TPSA) is 98.6 Å². The molecule has 2 amide bonds. The molecule has 0 spiro atoms. The Morgan fingerprint density at radius 3 is 2.50 bits per heavy atom. The van der Waals surface area contributed by atoms with Crippen LogP contribution >= 0.6 is 28.9 Å². The van der Waals surface area contributed by atoms with E-state index in [1.54, 1.807) is 18.3 Å². The summed E-state index contributed by atoms with van der Waals surface area (Å²) in [5.41, 5.74) is 2.47. The van der Waals surface area contributed by atoms with Gasteiger partial charge in [-0.2, -0.15) is 5.26 Å². The zero-order chi connectivity index (χ0) is 31.7. The normalized spacial score (nSPS) is 26.9. The molecule has 4 fully saturated rings. The van der Waals surface area contributed by atoms with Crippen molar-refractivity contribution >= 4 is 51.6 Å². The van der Waals surface area contributed by atoms with Gasteiger partial charge in [-0.15, -0.1) is 0 Å². The first-order valence-corrected chi connectivity index (χ1v) is 19.5. The number of piperidine rings is 2. The molecule has 3 saturated heterocycles. The minimum absolute atomic E-state index is 0.258. The number of likely N-dealkylation sites (tertiary alicyclic amines) is 1. The molecular formula is C34H39FIN4O3P. The van der Waals surface area contributed by atoms with Crippen molar-refractivity contribution in [2.24, 2.45) is 0 Å². The summed E-state index contributed by atoms with van der Waals surface area (Å²) in [4.78, 5) is 30.8. The summed E-state index contributed by atoms with van der Waals surface area (Å²) in [6.45, 7) is 10.7. The van der Waals surface area contributed by atoms with Crippen LogP contribution in [0.5, 0.6) is 0 Å².